The van der Waals surface area contributed by atoms with Crippen LogP contribution in [-0.4, -0.2) is 16.1 Å². The number of aromatic nitrogens is 1. The minimum atomic E-state index is -1.12. The first kappa shape index (κ1) is 12.0. The Bertz CT molecular complexity index is 626. The van der Waals surface area contributed by atoms with Gasteiger partial charge < -0.3 is 10.8 Å². The second-order valence-corrected chi connectivity index (χ2v) is 3.92. The summed E-state index contributed by atoms with van der Waals surface area (Å²) in [7, 11) is 0. The Morgan fingerprint density at radius 3 is 2.72 bits per heavy atom. The largest absolute Gasteiger partial charge is 0.478 e. The van der Waals surface area contributed by atoms with Gasteiger partial charge in [0.2, 0.25) is 0 Å². The summed E-state index contributed by atoms with van der Waals surface area (Å²) in [5.74, 6) is -1.43. The van der Waals surface area contributed by atoms with E-state index in [2.05, 4.69) is 4.98 Å². The molecule has 0 aliphatic heterocycles. The smallest absolute Gasteiger partial charge is 0.336 e. The number of aromatic carboxylic acids is 1. The molecule has 0 spiro atoms. The van der Waals surface area contributed by atoms with Crippen LogP contribution in [0, 0.1) is 12.7 Å². The van der Waals surface area contributed by atoms with Gasteiger partial charge in [-0.2, -0.15) is 0 Å². The zero-order valence-corrected chi connectivity index (χ0v) is 9.64. The molecule has 4 nitrogen and oxygen atoms in total. The SMILES string of the molecule is Cc1ccc(F)cc1-c1cnc(N)cc1C(=O)O. The maximum atomic E-state index is 13.3. The average molecular weight is 246 g/mol. The van der Waals surface area contributed by atoms with Gasteiger partial charge in [-0.05, 0) is 36.2 Å². The van der Waals surface area contributed by atoms with Crippen molar-refractivity contribution < 1.29 is 14.3 Å². The standard InChI is InChI=1S/C13H11FN2O2/c1-7-2-3-8(14)4-9(7)11-6-16-12(15)5-10(11)13(17)18/h2-6H,1H3,(H2,15,16)(H,17,18). The molecule has 3 N–H and O–H groups in total. The fraction of sp³-hybridized carbons (Fsp3) is 0.0769. The zero-order valence-electron chi connectivity index (χ0n) is 9.64. The highest BCUT2D eigenvalue weighted by Gasteiger charge is 2.15. The number of rotatable bonds is 2. The average Bonchev–Trinajstić information content (AvgIpc) is 2.32. The van der Waals surface area contributed by atoms with Gasteiger partial charge in [0, 0.05) is 11.8 Å². The number of hydrogen-bond acceptors (Lipinski definition) is 3. The molecule has 0 radical (unpaired) electrons. The number of carboxylic acid groups (broad SMARTS) is 1. The van der Waals surface area contributed by atoms with E-state index in [0.29, 0.717) is 11.1 Å². The highest BCUT2D eigenvalue weighted by Crippen LogP contribution is 2.28. The molecule has 0 unspecified atom stereocenters. The Kier molecular flexibility index (Phi) is 2.97. The molecule has 0 saturated carbocycles. The van der Waals surface area contributed by atoms with Gasteiger partial charge in [-0.3, -0.25) is 0 Å². The predicted molar refractivity (Wildman–Crippen MR) is 65.7 cm³/mol. The first-order valence-corrected chi connectivity index (χ1v) is 5.24. The monoisotopic (exact) mass is 246 g/mol. The highest BCUT2D eigenvalue weighted by atomic mass is 19.1. The Labute approximate surface area is 103 Å². The summed E-state index contributed by atoms with van der Waals surface area (Å²) in [6.07, 6.45) is 1.35. The number of nitrogens with zero attached hydrogens (tertiary/aromatic N) is 1. The minimum Gasteiger partial charge on any atom is -0.478 e. The molecule has 1 heterocycles. The van der Waals surface area contributed by atoms with Gasteiger partial charge in [0.1, 0.15) is 11.6 Å². The van der Waals surface area contributed by atoms with Crippen molar-refractivity contribution >= 4 is 11.8 Å². The van der Waals surface area contributed by atoms with Crippen LogP contribution in [0.1, 0.15) is 15.9 Å². The molecule has 1 aromatic heterocycles. The van der Waals surface area contributed by atoms with Crippen LogP contribution < -0.4 is 5.73 Å². The van der Waals surface area contributed by atoms with E-state index in [-0.39, 0.29) is 11.4 Å². The van der Waals surface area contributed by atoms with Crippen molar-refractivity contribution in [2.24, 2.45) is 0 Å². The predicted octanol–water partition coefficient (Wildman–Crippen LogP) is 2.48. The number of pyridine rings is 1. The van der Waals surface area contributed by atoms with Gasteiger partial charge in [-0.15, -0.1) is 0 Å². The van der Waals surface area contributed by atoms with E-state index in [1.165, 1.54) is 24.4 Å². The number of anilines is 1. The summed E-state index contributed by atoms with van der Waals surface area (Å²) in [5, 5.41) is 9.13. The summed E-state index contributed by atoms with van der Waals surface area (Å²) in [5.41, 5.74) is 7.10. The van der Waals surface area contributed by atoms with Crippen LogP contribution in [-0.2, 0) is 0 Å². The number of aryl methyl sites for hydroxylation is 1. The van der Waals surface area contributed by atoms with E-state index in [0.717, 1.165) is 5.56 Å². The van der Waals surface area contributed by atoms with Crippen LogP contribution in [0.4, 0.5) is 10.2 Å². The fourth-order valence-corrected chi connectivity index (χ4v) is 1.75. The molecular weight excluding hydrogens is 235 g/mol. The van der Waals surface area contributed by atoms with E-state index in [9.17, 15) is 9.18 Å². The van der Waals surface area contributed by atoms with Crippen LogP contribution in [0.3, 0.4) is 0 Å². The third-order valence-corrected chi connectivity index (χ3v) is 2.65. The first-order chi connectivity index (χ1) is 8.49. The highest BCUT2D eigenvalue weighted by molar-refractivity contribution is 5.97. The molecule has 0 amide bonds. The summed E-state index contributed by atoms with van der Waals surface area (Å²) in [6, 6.07) is 5.47. The number of halogens is 1. The van der Waals surface area contributed by atoms with Crippen molar-refractivity contribution in [3.63, 3.8) is 0 Å². The van der Waals surface area contributed by atoms with Crippen molar-refractivity contribution in [3.8, 4) is 11.1 Å². The molecule has 18 heavy (non-hydrogen) atoms. The Morgan fingerprint density at radius 2 is 2.06 bits per heavy atom. The summed E-state index contributed by atoms with van der Waals surface area (Å²) in [4.78, 5) is 15.0. The Balaban J connectivity index is 2.70. The van der Waals surface area contributed by atoms with Crippen molar-refractivity contribution in [2.45, 2.75) is 6.92 Å². The first-order valence-electron chi connectivity index (χ1n) is 5.24. The lowest BCUT2D eigenvalue weighted by Crippen LogP contribution is -2.03. The third kappa shape index (κ3) is 2.15. The number of carbonyl (C=O) groups is 1. The molecule has 0 fully saturated rings. The second-order valence-electron chi connectivity index (χ2n) is 3.92. The minimum absolute atomic E-state index is 0.0104. The van der Waals surface area contributed by atoms with Crippen LogP contribution in [0.5, 0.6) is 0 Å². The molecule has 0 aliphatic carbocycles. The van der Waals surface area contributed by atoms with Gasteiger partial charge in [0.15, 0.2) is 0 Å². The van der Waals surface area contributed by atoms with E-state index >= 15 is 0 Å². The molecule has 0 atom stereocenters. The Hall–Kier alpha value is -2.43. The molecule has 0 aliphatic rings. The number of benzene rings is 1. The van der Waals surface area contributed by atoms with E-state index in [4.69, 9.17) is 10.8 Å². The Morgan fingerprint density at radius 1 is 1.33 bits per heavy atom. The van der Waals surface area contributed by atoms with E-state index in [1.54, 1.807) is 13.0 Å². The third-order valence-electron chi connectivity index (χ3n) is 2.65. The molecule has 0 saturated heterocycles. The number of carboxylic acids is 1. The summed E-state index contributed by atoms with van der Waals surface area (Å²) >= 11 is 0. The summed E-state index contributed by atoms with van der Waals surface area (Å²) < 4.78 is 13.3. The molecule has 5 heteroatoms. The van der Waals surface area contributed by atoms with Gasteiger partial charge in [0.05, 0.1) is 5.56 Å². The van der Waals surface area contributed by atoms with Gasteiger partial charge in [-0.25, -0.2) is 14.2 Å². The van der Waals surface area contributed by atoms with Crippen LogP contribution in [0.25, 0.3) is 11.1 Å². The fourth-order valence-electron chi connectivity index (χ4n) is 1.75. The molecule has 0 bridgehead atoms. The lowest BCUT2D eigenvalue weighted by molar-refractivity contribution is 0.0697. The quantitative estimate of drug-likeness (QED) is 0.853. The molecule has 92 valence electrons. The number of nitrogens with two attached hydrogens (primary N) is 1. The molecule has 2 aromatic rings. The lowest BCUT2D eigenvalue weighted by atomic mass is 9.97. The van der Waals surface area contributed by atoms with Crippen molar-refractivity contribution in [2.75, 3.05) is 5.73 Å². The van der Waals surface area contributed by atoms with Crippen molar-refractivity contribution in [1.82, 2.24) is 4.98 Å². The lowest BCUT2D eigenvalue weighted by Gasteiger charge is -2.09. The maximum Gasteiger partial charge on any atom is 0.336 e. The summed E-state index contributed by atoms with van der Waals surface area (Å²) in [6.45, 7) is 1.77. The van der Waals surface area contributed by atoms with Gasteiger partial charge in [-0.1, -0.05) is 6.07 Å². The number of hydrogen-bond donors (Lipinski definition) is 2. The maximum absolute atomic E-state index is 13.3. The molecule has 1 aromatic carbocycles. The van der Waals surface area contributed by atoms with Gasteiger partial charge >= 0.3 is 5.97 Å². The van der Waals surface area contributed by atoms with E-state index in [1.807, 2.05) is 0 Å². The van der Waals surface area contributed by atoms with Crippen molar-refractivity contribution in [1.29, 1.82) is 0 Å². The van der Waals surface area contributed by atoms with Crippen molar-refractivity contribution in [3.05, 3.63) is 47.4 Å². The van der Waals surface area contributed by atoms with Crippen LogP contribution >= 0.6 is 0 Å². The molecular formula is C13H11FN2O2. The topological polar surface area (TPSA) is 76.2 Å². The zero-order chi connectivity index (χ0) is 13.3. The van der Waals surface area contributed by atoms with Crippen LogP contribution in [0.15, 0.2) is 30.5 Å². The van der Waals surface area contributed by atoms with Crippen LogP contribution in [0.2, 0.25) is 0 Å². The molecule has 2 rings (SSSR count). The van der Waals surface area contributed by atoms with E-state index < -0.39 is 11.8 Å². The number of nitrogen functional groups attached to an aromatic ring is 1. The van der Waals surface area contributed by atoms with Gasteiger partial charge in [0.25, 0.3) is 0 Å². The normalized spacial score (nSPS) is 10.3. The second kappa shape index (κ2) is 4.44.